The minimum Gasteiger partial charge on any atom is -0.458 e. The molecule has 130 valence electrons. The van der Waals surface area contributed by atoms with Crippen molar-refractivity contribution in [3.63, 3.8) is 0 Å². The predicted molar refractivity (Wildman–Crippen MR) is 89.1 cm³/mol. The number of carbonyl (C=O) groups excluding carboxylic acids is 2. The van der Waals surface area contributed by atoms with Crippen molar-refractivity contribution in [2.75, 3.05) is 13.2 Å². The zero-order valence-corrected chi connectivity index (χ0v) is 14.0. The molecule has 1 heterocycles. The highest BCUT2D eigenvalue weighted by Gasteiger charge is 2.52. The summed E-state index contributed by atoms with van der Waals surface area (Å²) in [5.41, 5.74) is 0.560. The normalized spacial score (nSPS) is 22.3. The molecule has 0 bridgehead atoms. The Labute approximate surface area is 142 Å². The molecule has 1 N–H and O–H groups in total. The Morgan fingerprint density at radius 2 is 1.96 bits per heavy atom. The standard InChI is InChI=1S/C19H25NO4/c21-17-13-16(19(24-17)9-5-2-6-10-19)18(22)20-11-12-23-14-15-7-3-1-4-8-15/h1,3-4,7-8,16H,2,5-6,9-14H2,(H,20,22)/t16-/m1/s1. The highest BCUT2D eigenvalue weighted by atomic mass is 16.6. The molecule has 1 saturated carbocycles. The Balaban J connectivity index is 1.43. The summed E-state index contributed by atoms with van der Waals surface area (Å²) in [5.74, 6) is -0.664. The molecule has 3 rings (SSSR count). The van der Waals surface area contributed by atoms with E-state index in [9.17, 15) is 9.59 Å². The lowest BCUT2D eigenvalue weighted by Gasteiger charge is -2.36. The van der Waals surface area contributed by atoms with Crippen molar-refractivity contribution in [1.29, 1.82) is 0 Å². The minimum atomic E-state index is -0.551. The first kappa shape index (κ1) is 17.0. The van der Waals surface area contributed by atoms with E-state index in [0.717, 1.165) is 37.7 Å². The average Bonchev–Trinajstić information content (AvgIpc) is 2.91. The summed E-state index contributed by atoms with van der Waals surface area (Å²) in [7, 11) is 0. The van der Waals surface area contributed by atoms with Crippen molar-refractivity contribution in [2.45, 2.75) is 50.7 Å². The number of rotatable bonds is 6. The molecule has 1 atom stereocenters. The minimum absolute atomic E-state index is 0.0777. The molecule has 0 radical (unpaired) electrons. The summed E-state index contributed by atoms with van der Waals surface area (Å²) in [4.78, 5) is 24.2. The van der Waals surface area contributed by atoms with E-state index in [2.05, 4.69) is 5.32 Å². The maximum atomic E-state index is 12.5. The van der Waals surface area contributed by atoms with E-state index in [0.29, 0.717) is 19.8 Å². The molecule has 5 heteroatoms. The third-order valence-corrected chi connectivity index (χ3v) is 5.00. The number of hydrogen-bond donors (Lipinski definition) is 1. The van der Waals surface area contributed by atoms with Gasteiger partial charge >= 0.3 is 5.97 Å². The number of ether oxygens (including phenoxy) is 2. The number of amides is 1. The van der Waals surface area contributed by atoms with Crippen LogP contribution in [0.2, 0.25) is 0 Å². The van der Waals surface area contributed by atoms with Crippen LogP contribution in [0.25, 0.3) is 0 Å². The first-order valence-electron chi connectivity index (χ1n) is 8.81. The number of hydrogen-bond acceptors (Lipinski definition) is 4. The molecule has 1 aromatic carbocycles. The van der Waals surface area contributed by atoms with E-state index < -0.39 is 5.60 Å². The van der Waals surface area contributed by atoms with Crippen molar-refractivity contribution in [3.8, 4) is 0 Å². The zero-order chi connectivity index (χ0) is 16.8. The number of carbonyl (C=O) groups is 2. The summed E-state index contributed by atoms with van der Waals surface area (Å²) in [6.45, 7) is 1.44. The Kier molecular flexibility index (Phi) is 5.51. The molecular weight excluding hydrogens is 306 g/mol. The van der Waals surface area contributed by atoms with Crippen LogP contribution in [0.5, 0.6) is 0 Å². The van der Waals surface area contributed by atoms with Gasteiger partial charge < -0.3 is 14.8 Å². The molecule has 1 aliphatic heterocycles. The second kappa shape index (κ2) is 7.79. The third kappa shape index (κ3) is 3.96. The van der Waals surface area contributed by atoms with Gasteiger partial charge in [-0.3, -0.25) is 9.59 Å². The lowest BCUT2D eigenvalue weighted by atomic mass is 9.75. The molecule has 2 aliphatic rings. The van der Waals surface area contributed by atoms with Crippen molar-refractivity contribution in [1.82, 2.24) is 5.32 Å². The Morgan fingerprint density at radius 1 is 1.21 bits per heavy atom. The zero-order valence-electron chi connectivity index (χ0n) is 14.0. The van der Waals surface area contributed by atoms with Crippen molar-refractivity contribution < 1.29 is 19.1 Å². The fourth-order valence-electron chi connectivity index (χ4n) is 3.76. The molecule has 1 aliphatic carbocycles. The summed E-state index contributed by atoms with van der Waals surface area (Å²) in [6, 6.07) is 9.93. The van der Waals surface area contributed by atoms with Gasteiger partial charge in [0.1, 0.15) is 5.60 Å². The van der Waals surface area contributed by atoms with E-state index in [1.165, 1.54) is 0 Å². The summed E-state index contributed by atoms with van der Waals surface area (Å²) < 4.78 is 11.2. The van der Waals surface area contributed by atoms with Crippen LogP contribution in [0.1, 0.15) is 44.1 Å². The molecule has 0 unspecified atom stereocenters. The van der Waals surface area contributed by atoms with E-state index in [1.54, 1.807) is 0 Å². The van der Waals surface area contributed by atoms with Crippen LogP contribution in [0.3, 0.4) is 0 Å². The van der Waals surface area contributed by atoms with Crippen LogP contribution in [-0.4, -0.2) is 30.6 Å². The van der Waals surface area contributed by atoms with Gasteiger partial charge in [-0.15, -0.1) is 0 Å². The highest BCUT2D eigenvalue weighted by molar-refractivity contribution is 5.87. The van der Waals surface area contributed by atoms with Gasteiger partial charge in [0.2, 0.25) is 5.91 Å². The first-order chi connectivity index (χ1) is 11.7. The number of nitrogens with one attached hydrogen (secondary N) is 1. The van der Waals surface area contributed by atoms with Gasteiger partial charge in [0.25, 0.3) is 0 Å². The lowest BCUT2D eigenvalue weighted by molar-refractivity contribution is -0.153. The van der Waals surface area contributed by atoms with Gasteiger partial charge in [0.05, 0.1) is 25.6 Å². The molecule has 2 fully saturated rings. The monoisotopic (exact) mass is 331 g/mol. The molecule has 0 aromatic heterocycles. The Morgan fingerprint density at radius 3 is 2.71 bits per heavy atom. The average molecular weight is 331 g/mol. The molecule has 1 spiro atoms. The van der Waals surface area contributed by atoms with Crippen molar-refractivity contribution >= 4 is 11.9 Å². The van der Waals surface area contributed by atoms with Crippen LogP contribution < -0.4 is 5.32 Å². The second-order valence-corrected chi connectivity index (χ2v) is 6.69. The van der Waals surface area contributed by atoms with Crippen molar-refractivity contribution in [2.24, 2.45) is 5.92 Å². The van der Waals surface area contributed by atoms with Gasteiger partial charge in [-0.2, -0.15) is 0 Å². The smallest absolute Gasteiger partial charge is 0.307 e. The van der Waals surface area contributed by atoms with Gasteiger partial charge in [0.15, 0.2) is 0 Å². The molecule has 1 amide bonds. The van der Waals surface area contributed by atoms with E-state index >= 15 is 0 Å². The van der Waals surface area contributed by atoms with E-state index in [1.807, 2.05) is 30.3 Å². The highest BCUT2D eigenvalue weighted by Crippen LogP contribution is 2.44. The quantitative estimate of drug-likeness (QED) is 0.643. The van der Waals surface area contributed by atoms with Gasteiger partial charge in [-0.05, 0) is 31.2 Å². The van der Waals surface area contributed by atoms with Crippen LogP contribution in [0.15, 0.2) is 30.3 Å². The maximum Gasteiger partial charge on any atom is 0.307 e. The largest absolute Gasteiger partial charge is 0.458 e. The molecular formula is C19H25NO4. The van der Waals surface area contributed by atoms with E-state index in [4.69, 9.17) is 9.47 Å². The second-order valence-electron chi connectivity index (χ2n) is 6.69. The Bertz CT molecular complexity index is 566. The number of esters is 1. The van der Waals surface area contributed by atoms with E-state index in [-0.39, 0.29) is 24.2 Å². The van der Waals surface area contributed by atoms with Crippen LogP contribution in [0, 0.1) is 5.92 Å². The number of benzene rings is 1. The van der Waals surface area contributed by atoms with Crippen LogP contribution in [0.4, 0.5) is 0 Å². The summed E-state index contributed by atoms with van der Waals surface area (Å²) in [6.07, 6.45) is 5.02. The summed E-state index contributed by atoms with van der Waals surface area (Å²) in [5, 5.41) is 2.91. The fraction of sp³-hybridized carbons (Fsp3) is 0.579. The fourth-order valence-corrected chi connectivity index (χ4v) is 3.76. The van der Waals surface area contributed by atoms with Gasteiger partial charge in [-0.25, -0.2) is 0 Å². The molecule has 1 aromatic rings. The molecule has 5 nitrogen and oxygen atoms in total. The van der Waals surface area contributed by atoms with Crippen LogP contribution in [-0.2, 0) is 25.7 Å². The lowest BCUT2D eigenvalue weighted by Crippen LogP contribution is -2.46. The third-order valence-electron chi connectivity index (χ3n) is 5.00. The molecule has 1 saturated heterocycles. The SMILES string of the molecule is O=C1C[C@H](C(=O)NCCOCc2ccccc2)C2(CCCCC2)O1. The van der Waals surface area contributed by atoms with Crippen molar-refractivity contribution in [3.05, 3.63) is 35.9 Å². The first-order valence-corrected chi connectivity index (χ1v) is 8.81. The Hall–Kier alpha value is -1.88. The van der Waals surface area contributed by atoms with Gasteiger partial charge in [0, 0.05) is 6.54 Å². The van der Waals surface area contributed by atoms with Crippen LogP contribution >= 0.6 is 0 Å². The van der Waals surface area contributed by atoms with Gasteiger partial charge in [-0.1, -0.05) is 36.8 Å². The topological polar surface area (TPSA) is 64.6 Å². The predicted octanol–water partition coefficient (Wildman–Crippen LogP) is 2.59. The maximum absolute atomic E-state index is 12.5. The molecule has 24 heavy (non-hydrogen) atoms. The summed E-state index contributed by atoms with van der Waals surface area (Å²) >= 11 is 0.